The number of anilines is 1. The summed E-state index contributed by atoms with van der Waals surface area (Å²) < 4.78 is 16.0. The first kappa shape index (κ1) is 17.3. The zero-order valence-corrected chi connectivity index (χ0v) is 15.2. The van der Waals surface area contributed by atoms with E-state index in [-0.39, 0.29) is 5.56 Å². The maximum atomic E-state index is 12.7. The number of hydrogen-bond acceptors (Lipinski definition) is 7. The van der Waals surface area contributed by atoms with Gasteiger partial charge in [-0.25, -0.2) is 9.97 Å². The van der Waals surface area contributed by atoms with Crippen molar-refractivity contribution in [2.45, 2.75) is 0 Å². The maximum absolute atomic E-state index is 12.7. The first-order valence-electron chi connectivity index (χ1n) is 8.66. The van der Waals surface area contributed by atoms with Crippen molar-refractivity contribution in [3.63, 3.8) is 0 Å². The summed E-state index contributed by atoms with van der Waals surface area (Å²) in [6.07, 6.45) is 0. The smallest absolute Gasteiger partial charge is 0.262 e. The lowest BCUT2D eigenvalue weighted by Gasteiger charge is -2.27. The minimum Gasteiger partial charge on any atom is -0.497 e. The Balaban J connectivity index is 1.81. The van der Waals surface area contributed by atoms with E-state index in [1.807, 2.05) is 18.2 Å². The summed E-state index contributed by atoms with van der Waals surface area (Å²) in [6.45, 7) is 2.92. The van der Waals surface area contributed by atoms with Crippen molar-refractivity contribution in [1.29, 1.82) is 0 Å². The molecule has 1 aliphatic rings. The van der Waals surface area contributed by atoms with Crippen molar-refractivity contribution >= 4 is 16.7 Å². The van der Waals surface area contributed by atoms with Crippen LogP contribution in [-0.2, 0) is 4.74 Å². The maximum Gasteiger partial charge on any atom is 0.262 e. The summed E-state index contributed by atoms with van der Waals surface area (Å²) in [4.78, 5) is 26.9. The summed E-state index contributed by atoms with van der Waals surface area (Å²) in [7, 11) is 3.07. The van der Waals surface area contributed by atoms with E-state index in [2.05, 4.69) is 19.9 Å². The van der Waals surface area contributed by atoms with Gasteiger partial charge in [-0.05, 0) is 12.1 Å². The molecule has 0 unspecified atom stereocenters. The Morgan fingerprint density at radius 1 is 1.11 bits per heavy atom. The summed E-state index contributed by atoms with van der Waals surface area (Å²) in [5.41, 5.74) is 0.802. The van der Waals surface area contributed by atoms with E-state index in [0.29, 0.717) is 47.1 Å². The lowest BCUT2D eigenvalue weighted by atomic mass is 10.2. The number of aromatic nitrogens is 3. The normalized spacial score (nSPS) is 14.4. The van der Waals surface area contributed by atoms with Gasteiger partial charge in [-0.3, -0.25) is 4.79 Å². The number of morpholine rings is 1. The molecule has 1 aliphatic heterocycles. The number of benzene rings is 1. The van der Waals surface area contributed by atoms with E-state index in [1.54, 1.807) is 19.2 Å². The second-order valence-corrected chi connectivity index (χ2v) is 6.12. The van der Waals surface area contributed by atoms with E-state index in [0.717, 1.165) is 18.9 Å². The molecule has 0 aliphatic carbocycles. The van der Waals surface area contributed by atoms with Crippen LogP contribution in [0.5, 0.6) is 11.5 Å². The zero-order valence-electron chi connectivity index (χ0n) is 15.2. The topological polar surface area (TPSA) is 89.6 Å². The molecule has 2 aromatic heterocycles. The number of methoxy groups -OCH3 is 2. The third-order valence-corrected chi connectivity index (χ3v) is 4.51. The standard InChI is InChI=1S/C19H20N4O4/c1-25-12-10-14-17(15(11-12)26-2)19(24)22-18(21-14)13-4-3-5-16(20-13)23-6-8-27-9-7-23/h3-5,10-11H,6-9H2,1-2H3,(H,21,22,24). The molecule has 27 heavy (non-hydrogen) atoms. The molecule has 3 aromatic rings. The molecule has 140 valence electrons. The SMILES string of the molecule is COc1cc(OC)c2c(=O)[nH]c(-c3cccc(N4CCOCC4)n3)nc2c1. The van der Waals surface area contributed by atoms with Crippen LogP contribution in [0.3, 0.4) is 0 Å². The molecule has 8 heteroatoms. The molecule has 4 rings (SSSR count). The van der Waals surface area contributed by atoms with Crippen LogP contribution in [0, 0.1) is 0 Å². The predicted octanol–water partition coefficient (Wildman–Crippen LogP) is 1.84. The molecule has 0 radical (unpaired) electrons. The van der Waals surface area contributed by atoms with Crippen molar-refractivity contribution in [3.05, 3.63) is 40.7 Å². The third kappa shape index (κ3) is 3.31. The van der Waals surface area contributed by atoms with Crippen molar-refractivity contribution in [2.75, 3.05) is 45.4 Å². The van der Waals surface area contributed by atoms with Gasteiger partial charge in [0, 0.05) is 25.2 Å². The first-order valence-corrected chi connectivity index (χ1v) is 8.66. The minimum atomic E-state index is -0.284. The summed E-state index contributed by atoms with van der Waals surface area (Å²) in [6, 6.07) is 9.05. The molecule has 3 heterocycles. The molecule has 1 saturated heterocycles. The first-order chi connectivity index (χ1) is 13.2. The highest BCUT2D eigenvalue weighted by molar-refractivity contribution is 5.87. The monoisotopic (exact) mass is 368 g/mol. The van der Waals surface area contributed by atoms with Crippen LogP contribution in [0.1, 0.15) is 0 Å². The van der Waals surface area contributed by atoms with Crippen LogP contribution in [-0.4, -0.2) is 55.5 Å². The molecule has 0 amide bonds. The molecule has 0 atom stereocenters. The van der Waals surface area contributed by atoms with Crippen LogP contribution >= 0.6 is 0 Å². The molecule has 1 aromatic carbocycles. The van der Waals surface area contributed by atoms with Gasteiger partial charge in [0.15, 0.2) is 5.82 Å². The van der Waals surface area contributed by atoms with Crippen molar-refractivity contribution in [2.24, 2.45) is 0 Å². The van der Waals surface area contributed by atoms with Gasteiger partial charge in [0.05, 0.1) is 33.0 Å². The number of nitrogens with one attached hydrogen (secondary N) is 1. The summed E-state index contributed by atoms with van der Waals surface area (Å²) >= 11 is 0. The highest BCUT2D eigenvalue weighted by Crippen LogP contribution is 2.28. The Bertz CT molecular complexity index is 1030. The fraction of sp³-hybridized carbons (Fsp3) is 0.316. The Kier molecular flexibility index (Phi) is 4.64. The third-order valence-electron chi connectivity index (χ3n) is 4.51. The van der Waals surface area contributed by atoms with Crippen molar-refractivity contribution in [1.82, 2.24) is 15.0 Å². The Morgan fingerprint density at radius 3 is 2.67 bits per heavy atom. The Labute approximate surface area is 155 Å². The molecular formula is C19H20N4O4. The van der Waals surface area contributed by atoms with Gasteiger partial charge in [-0.2, -0.15) is 0 Å². The van der Waals surface area contributed by atoms with E-state index in [1.165, 1.54) is 7.11 Å². The molecule has 0 saturated carbocycles. The fourth-order valence-electron chi connectivity index (χ4n) is 3.13. The van der Waals surface area contributed by atoms with Crippen LogP contribution < -0.4 is 19.9 Å². The Morgan fingerprint density at radius 2 is 1.93 bits per heavy atom. The lowest BCUT2D eigenvalue weighted by molar-refractivity contribution is 0.122. The number of hydrogen-bond donors (Lipinski definition) is 1. The number of aromatic amines is 1. The van der Waals surface area contributed by atoms with Gasteiger partial charge in [0.1, 0.15) is 28.4 Å². The number of rotatable bonds is 4. The number of H-pyrrole nitrogens is 1. The summed E-state index contributed by atoms with van der Waals surface area (Å²) in [5, 5.41) is 0.381. The van der Waals surface area contributed by atoms with Gasteiger partial charge >= 0.3 is 0 Å². The van der Waals surface area contributed by atoms with Gasteiger partial charge in [0.2, 0.25) is 0 Å². The second-order valence-electron chi connectivity index (χ2n) is 6.12. The van der Waals surface area contributed by atoms with E-state index in [9.17, 15) is 4.79 Å². The average Bonchev–Trinajstić information content (AvgIpc) is 2.73. The number of ether oxygens (including phenoxy) is 3. The van der Waals surface area contributed by atoms with Crippen molar-refractivity contribution in [3.8, 4) is 23.0 Å². The summed E-state index contributed by atoms with van der Waals surface area (Å²) in [5.74, 6) is 2.22. The van der Waals surface area contributed by atoms with E-state index in [4.69, 9.17) is 14.2 Å². The molecule has 1 N–H and O–H groups in total. The molecule has 8 nitrogen and oxygen atoms in total. The largest absolute Gasteiger partial charge is 0.497 e. The van der Waals surface area contributed by atoms with E-state index < -0.39 is 0 Å². The number of fused-ring (bicyclic) bond motifs is 1. The molecule has 0 spiro atoms. The molecule has 1 fully saturated rings. The lowest BCUT2D eigenvalue weighted by Crippen LogP contribution is -2.36. The van der Waals surface area contributed by atoms with Crippen LogP contribution in [0.25, 0.3) is 22.4 Å². The average molecular weight is 368 g/mol. The zero-order chi connectivity index (χ0) is 18.8. The van der Waals surface area contributed by atoms with Gasteiger partial charge in [-0.15, -0.1) is 0 Å². The quantitative estimate of drug-likeness (QED) is 0.751. The van der Waals surface area contributed by atoms with Crippen LogP contribution in [0.4, 0.5) is 5.82 Å². The minimum absolute atomic E-state index is 0.284. The van der Waals surface area contributed by atoms with Gasteiger partial charge < -0.3 is 24.1 Å². The van der Waals surface area contributed by atoms with Crippen LogP contribution in [0.2, 0.25) is 0 Å². The highest BCUT2D eigenvalue weighted by Gasteiger charge is 2.16. The fourth-order valence-corrected chi connectivity index (χ4v) is 3.13. The van der Waals surface area contributed by atoms with Gasteiger partial charge in [-0.1, -0.05) is 6.07 Å². The Hall–Kier alpha value is -3.13. The van der Waals surface area contributed by atoms with Crippen LogP contribution in [0.15, 0.2) is 35.1 Å². The molecular weight excluding hydrogens is 348 g/mol. The number of pyridine rings is 1. The highest BCUT2D eigenvalue weighted by atomic mass is 16.5. The number of nitrogens with zero attached hydrogens (tertiary/aromatic N) is 3. The molecule has 0 bridgehead atoms. The second kappa shape index (κ2) is 7.24. The van der Waals surface area contributed by atoms with Crippen molar-refractivity contribution < 1.29 is 14.2 Å². The van der Waals surface area contributed by atoms with Gasteiger partial charge in [0.25, 0.3) is 5.56 Å². The predicted molar refractivity (Wildman–Crippen MR) is 102 cm³/mol. The van der Waals surface area contributed by atoms with E-state index >= 15 is 0 Å².